The topological polar surface area (TPSA) is 94.0 Å². The van der Waals surface area contributed by atoms with E-state index in [2.05, 4.69) is 4.98 Å². The van der Waals surface area contributed by atoms with Crippen molar-refractivity contribution in [2.75, 3.05) is 25.0 Å². The molecule has 0 spiro atoms. The van der Waals surface area contributed by atoms with Crippen LogP contribution in [0.5, 0.6) is 0 Å². The summed E-state index contributed by atoms with van der Waals surface area (Å²) in [4.78, 5) is 45.6. The average molecular weight is 541 g/mol. The third-order valence-corrected chi connectivity index (χ3v) is 5.26. The summed E-state index contributed by atoms with van der Waals surface area (Å²) in [5.74, 6) is 0.244. The highest BCUT2D eigenvalue weighted by Gasteiger charge is 2.29. The molecule has 2 aromatic heterocycles. The first kappa shape index (κ1) is 29.5. The van der Waals surface area contributed by atoms with E-state index < -0.39 is 28.9 Å². The van der Waals surface area contributed by atoms with Gasteiger partial charge in [0.05, 0.1) is 5.69 Å². The minimum atomic E-state index is -0.789. The predicted molar refractivity (Wildman–Crippen MR) is 142 cm³/mol. The van der Waals surface area contributed by atoms with Gasteiger partial charge in [0.2, 0.25) is 0 Å². The second-order valence-electron chi connectivity index (χ2n) is 10.3. The monoisotopic (exact) mass is 540 g/mol. The zero-order valence-electron chi connectivity index (χ0n) is 22.0. The van der Waals surface area contributed by atoms with Gasteiger partial charge in [-0.2, -0.15) is 0 Å². The fourth-order valence-electron chi connectivity index (χ4n) is 3.26. The van der Waals surface area contributed by atoms with Gasteiger partial charge in [-0.1, -0.05) is 29.3 Å². The SMILES string of the molecule is CN(CCCN(C(=O)OC(C)(C)C)c1c(-c2cccc(Cl)n2)cc(Cl)c(=O)n1C)C(=O)OC(C)(C)C. The molecule has 2 aromatic rings. The van der Waals surface area contributed by atoms with Crippen LogP contribution < -0.4 is 10.5 Å². The van der Waals surface area contributed by atoms with Gasteiger partial charge in [-0.25, -0.2) is 14.6 Å². The predicted octanol–water partition coefficient (Wildman–Crippen LogP) is 5.75. The summed E-state index contributed by atoms with van der Waals surface area (Å²) in [6.07, 6.45) is -0.772. The Kier molecular flexibility index (Phi) is 9.42. The summed E-state index contributed by atoms with van der Waals surface area (Å²) in [6, 6.07) is 6.49. The third kappa shape index (κ3) is 8.13. The molecule has 2 rings (SSSR count). The largest absolute Gasteiger partial charge is 0.444 e. The van der Waals surface area contributed by atoms with Crippen molar-refractivity contribution in [1.82, 2.24) is 14.5 Å². The molecule has 2 heterocycles. The molecule has 0 radical (unpaired) electrons. The van der Waals surface area contributed by atoms with Crippen molar-refractivity contribution in [2.24, 2.45) is 7.05 Å². The minimum Gasteiger partial charge on any atom is -0.444 e. The molecule has 0 fully saturated rings. The summed E-state index contributed by atoms with van der Waals surface area (Å²) in [6.45, 7) is 11.0. The lowest BCUT2D eigenvalue weighted by Gasteiger charge is -2.30. The van der Waals surface area contributed by atoms with Crippen molar-refractivity contribution in [3.05, 3.63) is 44.8 Å². The second kappa shape index (κ2) is 11.5. The van der Waals surface area contributed by atoms with E-state index in [0.29, 0.717) is 24.2 Å². The van der Waals surface area contributed by atoms with Crippen molar-refractivity contribution in [3.8, 4) is 11.3 Å². The number of rotatable bonds is 6. The molecule has 0 atom stereocenters. The van der Waals surface area contributed by atoms with Crippen molar-refractivity contribution in [1.29, 1.82) is 0 Å². The van der Waals surface area contributed by atoms with Gasteiger partial charge in [-0.05, 0) is 66.2 Å². The normalized spacial score (nSPS) is 11.7. The van der Waals surface area contributed by atoms with Crippen molar-refractivity contribution in [3.63, 3.8) is 0 Å². The number of carbonyl (C=O) groups is 2. The van der Waals surface area contributed by atoms with Crippen LogP contribution in [0, 0.1) is 0 Å². The fraction of sp³-hybridized carbons (Fsp3) is 0.520. The molecule has 0 aliphatic heterocycles. The summed E-state index contributed by atoms with van der Waals surface area (Å²) < 4.78 is 12.3. The first-order valence-corrected chi connectivity index (χ1v) is 12.2. The Morgan fingerprint density at radius 2 is 1.58 bits per heavy atom. The Bertz CT molecular complexity index is 1170. The molecule has 0 unspecified atom stereocenters. The average Bonchev–Trinajstić information content (AvgIpc) is 2.73. The lowest BCUT2D eigenvalue weighted by atomic mass is 10.1. The summed E-state index contributed by atoms with van der Waals surface area (Å²) >= 11 is 12.3. The first-order chi connectivity index (χ1) is 16.5. The molecule has 198 valence electrons. The Morgan fingerprint density at radius 3 is 2.14 bits per heavy atom. The van der Waals surface area contributed by atoms with Gasteiger partial charge < -0.3 is 14.4 Å². The number of hydrogen-bond acceptors (Lipinski definition) is 6. The van der Waals surface area contributed by atoms with E-state index >= 15 is 0 Å². The van der Waals surface area contributed by atoms with Crippen LogP contribution in [-0.4, -0.2) is 58.0 Å². The Labute approximate surface area is 221 Å². The van der Waals surface area contributed by atoms with Crippen LogP contribution in [0.2, 0.25) is 10.2 Å². The molecule has 11 heteroatoms. The quantitative estimate of drug-likeness (QED) is 0.432. The van der Waals surface area contributed by atoms with Gasteiger partial charge >= 0.3 is 12.2 Å². The Morgan fingerprint density at radius 1 is 1.00 bits per heavy atom. The molecule has 0 saturated heterocycles. The number of pyridine rings is 2. The van der Waals surface area contributed by atoms with Crippen LogP contribution in [0.25, 0.3) is 11.3 Å². The van der Waals surface area contributed by atoms with Crippen LogP contribution in [0.15, 0.2) is 29.1 Å². The van der Waals surface area contributed by atoms with Gasteiger partial charge in [0.1, 0.15) is 27.2 Å². The van der Waals surface area contributed by atoms with Gasteiger partial charge in [-0.3, -0.25) is 14.3 Å². The lowest BCUT2D eigenvalue weighted by molar-refractivity contribution is 0.0298. The van der Waals surface area contributed by atoms with E-state index in [1.165, 1.54) is 27.5 Å². The molecule has 0 aliphatic rings. The van der Waals surface area contributed by atoms with Crippen LogP contribution in [0.4, 0.5) is 15.4 Å². The number of aromatic nitrogens is 2. The zero-order chi connectivity index (χ0) is 27.4. The van der Waals surface area contributed by atoms with E-state index in [1.54, 1.807) is 66.8 Å². The molecule has 2 amide bonds. The third-order valence-electron chi connectivity index (χ3n) is 4.78. The van der Waals surface area contributed by atoms with E-state index in [4.69, 9.17) is 32.7 Å². The smallest absolute Gasteiger partial charge is 0.415 e. The number of nitrogens with zero attached hydrogens (tertiary/aromatic N) is 4. The maximum absolute atomic E-state index is 13.4. The minimum absolute atomic E-state index is 0.0353. The van der Waals surface area contributed by atoms with Crippen LogP contribution in [-0.2, 0) is 16.5 Å². The zero-order valence-corrected chi connectivity index (χ0v) is 23.5. The number of amides is 2. The molecule has 36 heavy (non-hydrogen) atoms. The maximum Gasteiger partial charge on any atom is 0.415 e. The van der Waals surface area contributed by atoms with Crippen molar-refractivity contribution >= 4 is 41.2 Å². The van der Waals surface area contributed by atoms with E-state index in [9.17, 15) is 14.4 Å². The lowest BCUT2D eigenvalue weighted by Crippen LogP contribution is -2.42. The number of anilines is 1. The van der Waals surface area contributed by atoms with Gasteiger partial charge in [0, 0.05) is 32.7 Å². The van der Waals surface area contributed by atoms with E-state index in [1.807, 2.05) is 0 Å². The maximum atomic E-state index is 13.4. The molecule has 0 N–H and O–H groups in total. The van der Waals surface area contributed by atoms with Crippen LogP contribution in [0.3, 0.4) is 0 Å². The second-order valence-corrected chi connectivity index (χ2v) is 11.1. The summed E-state index contributed by atoms with van der Waals surface area (Å²) in [5, 5.41) is 0.207. The van der Waals surface area contributed by atoms with Crippen molar-refractivity contribution in [2.45, 2.75) is 59.2 Å². The molecular weight excluding hydrogens is 507 g/mol. The highest BCUT2D eigenvalue weighted by molar-refractivity contribution is 6.31. The van der Waals surface area contributed by atoms with Crippen LogP contribution in [0.1, 0.15) is 48.0 Å². The highest BCUT2D eigenvalue weighted by atomic mass is 35.5. The van der Waals surface area contributed by atoms with Gasteiger partial charge in [0.15, 0.2) is 0 Å². The van der Waals surface area contributed by atoms with Gasteiger partial charge in [-0.15, -0.1) is 0 Å². The number of hydrogen-bond donors (Lipinski definition) is 0. The highest BCUT2D eigenvalue weighted by Crippen LogP contribution is 2.32. The molecule has 9 nitrogen and oxygen atoms in total. The van der Waals surface area contributed by atoms with Crippen LogP contribution >= 0.6 is 23.2 Å². The molecule has 0 saturated carbocycles. The molecule has 0 aromatic carbocycles. The van der Waals surface area contributed by atoms with Gasteiger partial charge in [0.25, 0.3) is 5.56 Å². The first-order valence-electron chi connectivity index (χ1n) is 11.5. The number of carbonyl (C=O) groups excluding carboxylic acids is 2. The van der Waals surface area contributed by atoms with E-state index in [0.717, 1.165) is 0 Å². The summed E-state index contributed by atoms with van der Waals surface area (Å²) in [7, 11) is 3.13. The Hall–Kier alpha value is -2.78. The Balaban J connectivity index is 2.50. The summed E-state index contributed by atoms with van der Waals surface area (Å²) in [5.41, 5.74) is -1.06. The molecule has 0 aliphatic carbocycles. The number of halogens is 2. The van der Waals surface area contributed by atoms with Crippen molar-refractivity contribution < 1.29 is 19.1 Å². The fourth-order valence-corrected chi connectivity index (χ4v) is 3.66. The number of ether oxygens (including phenoxy) is 2. The molecular formula is C25H34Cl2N4O5. The molecule has 0 bridgehead atoms. The van der Waals surface area contributed by atoms with E-state index in [-0.39, 0.29) is 22.5 Å². The standard InChI is InChI=1S/C25H34Cl2N4O5/c1-24(2,3)35-22(33)29(7)13-10-14-31(23(34)36-25(4,5)6)20-16(15-17(26)21(32)30(20)8)18-11-9-12-19(27)28-18/h9,11-12,15H,10,13-14H2,1-8H3.